The number of carbonyl (C=O) groups excluding carboxylic acids is 2. The average Bonchev–Trinajstić information content (AvgIpc) is 3.38. The molecule has 2 amide bonds. The number of para-hydroxylation sites is 1. The van der Waals surface area contributed by atoms with Crippen molar-refractivity contribution in [3.63, 3.8) is 0 Å². The molecule has 1 aromatic heterocycles. The van der Waals surface area contributed by atoms with E-state index in [-0.39, 0.29) is 18.2 Å². The highest BCUT2D eigenvalue weighted by Gasteiger charge is 2.27. The van der Waals surface area contributed by atoms with Crippen molar-refractivity contribution in [3.05, 3.63) is 77.7 Å². The van der Waals surface area contributed by atoms with Gasteiger partial charge in [-0.05, 0) is 62.2 Å². The largest absolute Gasteiger partial charge is 0.494 e. The van der Waals surface area contributed by atoms with Gasteiger partial charge in [0.2, 0.25) is 5.91 Å². The zero-order chi connectivity index (χ0) is 22.5. The minimum absolute atomic E-state index is 0.158. The maximum Gasteiger partial charge on any atom is 0.287 e. The highest BCUT2D eigenvalue weighted by Crippen LogP contribution is 2.33. The molecule has 0 fully saturated rings. The average molecular weight is 434 g/mol. The van der Waals surface area contributed by atoms with Crippen molar-refractivity contribution in [2.45, 2.75) is 32.9 Å². The van der Waals surface area contributed by atoms with Gasteiger partial charge < -0.3 is 24.7 Å². The first-order valence-electron chi connectivity index (χ1n) is 10.8. The Morgan fingerprint density at radius 2 is 1.91 bits per heavy atom. The Morgan fingerprint density at radius 3 is 2.69 bits per heavy atom. The Morgan fingerprint density at radius 1 is 1.12 bits per heavy atom. The normalized spacial score (nSPS) is 14.7. The first-order valence-corrected chi connectivity index (χ1v) is 10.8. The molecule has 2 N–H and O–H groups in total. The number of hydrogen-bond acceptors (Lipinski definition) is 5. The quantitative estimate of drug-likeness (QED) is 0.561. The Hall–Kier alpha value is -3.74. The molecule has 4 rings (SSSR count). The van der Waals surface area contributed by atoms with E-state index in [4.69, 9.17) is 9.15 Å². The fourth-order valence-corrected chi connectivity index (χ4v) is 3.96. The van der Waals surface area contributed by atoms with Gasteiger partial charge in [-0.1, -0.05) is 18.2 Å². The molecule has 2 heterocycles. The summed E-state index contributed by atoms with van der Waals surface area (Å²) in [5, 5.41) is 5.40. The van der Waals surface area contributed by atoms with E-state index in [1.807, 2.05) is 25.1 Å². The van der Waals surface area contributed by atoms with E-state index >= 15 is 0 Å². The van der Waals surface area contributed by atoms with Gasteiger partial charge in [-0.3, -0.25) is 9.59 Å². The summed E-state index contributed by atoms with van der Waals surface area (Å²) < 4.78 is 10.8. The summed E-state index contributed by atoms with van der Waals surface area (Å²) in [5.74, 6) is 0.235. The van der Waals surface area contributed by atoms with Crippen molar-refractivity contribution in [3.8, 4) is 5.75 Å². The number of anilines is 2. The molecule has 1 aliphatic heterocycles. The van der Waals surface area contributed by atoms with Gasteiger partial charge in [-0.15, -0.1) is 0 Å². The van der Waals surface area contributed by atoms with Crippen LogP contribution in [-0.2, 0) is 17.8 Å². The summed E-state index contributed by atoms with van der Waals surface area (Å²) >= 11 is 0. The monoisotopic (exact) mass is 433 g/mol. The molecule has 7 heteroatoms. The smallest absolute Gasteiger partial charge is 0.287 e. The molecule has 1 aliphatic rings. The fourth-order valence-electron chi connectivity index (χ4n) is 3.96. The first-order chi connectivity index (χ1) is 15.5. The molecule has 0 spiro atoms. The van der Waals surface area contributed by atoms with Crippen LogP contribution in [0.1, 0.15) is 35.5 Å². The predicted octanol–water partition coefficient (Wildman–Crippen LogP) is 4.00. The van der Waals surface area contributed by atoms with E-state index in [0.717, 1.165) is 17.7 Å². The highest BCUT2D eigenvalue weighted by atomic mass is 16.5. The van der Waals surface area contributed by atoms with E-state index < -0.39 is 5.91 Å². The van der Waals surface area contributed by atoms with E-state index in [2.05, 4.69) is 34.6 Å². The second-order valence-corrected chi connectivity index (χ2v) is 7.77. The van der Waals surface area contributed by atoms with Crippen molar-refractivity contribution >= 4 is 23.2 Å². The number of nitrogens with zero attached hydrogens (tertiary/aromatic N) is 1. The van der Waals surface area contributed by atoms with Crippen LogP contribution in [0.15, 0.2) is 65.3 Å². The van der Waals surface area contributed by atoms with Crippen molar-refractivity contribution in [2.24, 2.45) is 0 Å². The second kappa shape index (κ2) is 9.60. The zero-order valence-corrected chi connectivity index (χ0v) is 18.3. The van der Waals surface area contributed by atoms with Crippen LogP contribution in [-0.4, -0.2) is 31.0 Å². The molecule has 1 unspecified atom stereocenters. The lowest BCUT2D eigenvalue weighted by molar-refractivity contribution is -0.115. The molecular weight excluding hydrogens is 406 g/mol. The minimum Gasteiger partial charge on any atom is -0.494 e. The lowest BCUT2D eigenvalue weighted by Gasteiger charge is -2.24. The maximum atomic E-state index is 12.7. The van der Waals surface area contributed by atoms with E-state index in [1.54, 1.807) is 24.3 Å². The molecule has 7 nitrogen and oxygen atoms in total. The third-order valence-corrected chi connectivity index (χ3v) is 5.50. The van der Waals surface area contributed by atoms with Crippen LogP contribution >= 0.6 is 0 Å². The van der Waals surface area contributed by atoms with Crippen LogP contribution in [0.25, 0.3) is 0 Å². The van der Waals surface area contributed by atoms with Gasteiger partial charge in [0.25, 0.3) is 5.91 Å². The van der Waals surface area contributed by atoms with Crippen LogP contribution < -0.4 is 20.3 Å². The molecule has 166 valence electrons. The minimum atomic E-state index is -0.410. The summed E-state index contributed by atoms with van der Waals surface area (Å²) in [6.07, 6.45) is 2.48. The Balaban J connectivity index is 1.34. The van der Waals surface area contributed by atoms with E-state index in [1.165, 1.54) is 17.5 Å². The van der Waals surface area contributed by atoms with Gasteiger partial charge in [-0.2, -0.15) is 0 Å². The van der Waals surface area contributed by atoms with Gasteiger partial charge in [0.15, 0.2) is 5.76 Å². The molecule has 1 atom stereocenters. The van der Waals surface area contributed by atoms with Crippen molar-refractivity contribution in [2.75, 3.05) is 23.4 Å². The van der Waals surface area contributed by atoms with Crippen LogP contribution in [0, 0.1) is 0 Å². The first kappa shape index (κ1) is 21.5. The number of hydrogen-bond donors (Lipinski definition) is 2. The number of benzene rings is 2. The van der Waals surface area contributed by atoms with Gasteiger partial charge in [0.1, 0.15) is 5.75 Å². The third-order valence-electron chi connectivity index (χ3n) is 5.50. The summed E-state index contributed by atoms with van der Waals surface area (Å²) in [5.41, 5.74) is 3.91. The third kappa shape index (κ3) is 4.77. The number of amides is 2. The van der Waals surface area contributed by atoms with Crippen molar-refractivity contribution < 1.29 is 18.7 Å². The number of furan rings is 1. The lowest BCUT2D eigenvalue weighted by Crippen LogP contribution is -2.34. The lowest BCUT2D eigenvalue weighted by atomic mass is 10.1. The number of nitrogens with one attached hydrogen (secondary N) is 2. The number of rotatable bonds is 8. The standard InChI is InChI=1S/C25H27N3O4/c1-3-31-21-10-8-20(9-11-21)27-23(29)15-26-25(30)24-19(12-13-32-24)16-28-17(2)14-18-6-4-5-7-22(18)28/h4-13,17H,3,14-16H2,1-2H3,(H,26,30)(H,27,29). The molecule has 0 saturated heterocycles. The molecule has 0 radical (unpaired) electrons. The van der Waals surface area contributed by atoms with E-state index in [0.29, 0.717) is 24.9 Å². The number of carbonyl (C=O) groups is 2. The number of ether oxygens (including phenoxy) is 1. The zero-order valence-electron chi connectivity index (χ0n) is 18.3. The molecule has 0 aliphatic carbocycles. The molecule has 0 bridgehead atoms. The van der Waals surface area contributed by atoms with E-state index in [9.17, 15) is 9.59 Å². The molecule has 3 aromatic rings. The topological polar surface area (TPSA) is 83.8 Å². The SMILES string of the molecule is CCOc1ccc(NC(=O)CNC(=O)c2occc2CN2c3ccccc3CC2C)cc1. The van der Waals surface area contributed by atoms with Gasteiger partial charge >= 0.3 is 0 Å². The fraction of sp³-hybridized carbons (Fsp3) is 0.280. The summed E-state index contributed by atoms with van der Waals surface area (Å²) in [6.45, 7) is 5.07. The Kier molecular flexibility index (Phi) is 6.44. The highest BCUT2D eigenvalue weighted by molar-refractivity contribution is 5.98. The molecule has 0 saturated carbocycles. The summed E-state index contributed by atoms with van der Waals surface area (Å²) in [6, 6.07) is 17.5. The van der Waals surface area contributed by atoms with Crippen LogP contribution in [0.5, 0.6) is 5.75 Å². The van der Waals surface area contributed by atoms with Crippen LogP contribution in [0.2, 0.25) is 0 Å². The van der Waals surface area contributed by atoms with Crippen molar-refractivity contribution in [1.82, 2.24) is 5.32 Å². The van der Waals surface area contributed by atoms with Crippen LogP contribution in [0.4, 0.5) is 11.4 Å². The van der Waals surface area contributed by atoms with Gasteiger partial charge in [-0.25, -0.2) is 0 Å². The summed E-state index contributed by atoms with van der Waals surface area (Å²) in [4.78, 5) is 27.2. The Labute approximate surface area is 187 Å². The molecule has 2 aromatic carbocycles. The predicted molar refractivity (Wildman–Crippen MR) is 123 cm³/mol. The van der Waals surface area contributed by atoms with Gasteiger partial charge in [0.05, 0.1) is 19.4 Å². The maximum absolute atomic E-state index is 12.7. The van der Waals surface area contributed by atoms with Crippen LogP contribution in [0.3, 0.4) is 0 Å². The van der Waals surface area contributed by atoms with Crippen molar-refractivity contribution in [1.29, 1.82) is 0 Å². The molecule has 32 heavy (non-hydrogen) atoms. The molecular formula is C25H27N3O4. The Bertz CT molecular complexity index is 1090. The summed E-state index contributed by atoms with van der Waals surface area (Å²) in [7, 11) is 0. The van der Waals surface area contributed by atoms with Gasteiger partial charge in [0, 0.05) is 29.5 Å². The number of fused-ring (bicyclic) bond motifs is 1. The second-order valence-electron chi connectivity index (χ2n) is 7.77.